The lowest BCUT2D eigenvalue weighted by atomic mass is 10.1. The minimum atomic E-state index is -0.743. The summed E-state index contributed by atoms with van der Waals surface area (Å²) in [4.78, 5) is 24.4. The fraction of sp³-hybridized carbons (Fsp3) is 0.158. The summed E-state index contributed by atoms with van der Waals surface area (Å²) in [5.41, 5.74) is 1.48. The van der Waals surface area contributed by atoms with Gasteiger partial charge in [-0.2, -0.15) is 0 Å². The molecule has 3 rings (SSSR count). The standard InChI is InChI=1S/C19H15Cl2NO5/c1-10-13-7-11(20)3-5-15(13)27-18(10)19(24)26-9-17(23)22-14-8-12(21)4-6-16(14)25-2/h3-8H,9H2,1-2H3,(H,22,23). The minimum absolute atomic E-state index is 0.0282. The molecule has 0 aliphatic carbocycles. The zero-order chi connectivity index (χ0) is 19.6. The Morgan fingerprint density at radius 3 is 2.56 bits per heavy atom. The van der Waals surface area contributed by atoms with E-state index in [4.69, 9.17) is 37.1 Å². The van der Waals surface area contributed by atoms with Crippen molar-refractivity contribution in [1.82, 2.24) is 0 Å². The Kier molecular flexibility index (Phi) is 5.58. The molecule has 0 aliphatic heterocycles. The first-order valence-electron chi connectivity index (χ1n) is 7.88. The van der Waals surface area contributed by atoms with E-state index >= 15 is 0 Å². The number of rotatable bonds is 5. The van der Waals surface area contributed by atoms with Gasteiger partial charge >= 0.3 is 5.97 Å². The molecule has 0 radical (unpaired) electrons. The largest absolute Gasteiger partial charge is 0.495 e. The smallest absolute Gasteiger partial charge is 0.375 e. The highest BCUT2D eigenvalue weighted by molar-refractivity contribution is 6.31. The van der Waals surface area contributed by atoms with Gasteiger partial charge in [0.05, 0.1) is 12.8 Å². The monoisotopic (exact) mass is 407 g/mol. The first-order chi connectivity index (χ1) is 12.9. The maximum atomic E-state index is 12.3. The first kappa shape index (κ1) is 19.1. The number of benzene rings is 2. The molecule has 0 atom stereocenters. The second kappa shape index (κ2) is 7.90. The maximum Gasteiger partial charge on any atom is 0.375 e. The molecule has 0 fully saturated rings. The molecular formula is C19H15Cl2NO5. The van der Waals surface area contributed by atoms with E-state index in [9.17, 15) is 9.59 Å². The second-order valence-electron chi connectivity index (χ2n) is 5.67. The van der Waals surface area contributed by atoms with Crippen molar-refractivity contribution in [2.24, 2.45) is 0 Å². The number of carbonyl (C=O) groups excluding carboxylic acids is 2. The van der Waals surface area contributed by atoms with Gasteiger partial charge in [0, 0.05) is 21.0 Å². The van der Waals surface area contributed by atoms with Crippen molar-refractivity contribution in [2.75, 3.05) is 19.0 Å². The van der Waals surface area contributed by atoms with Crippen LogP contribution in [0, 0.1) is 6.92 Å². The van der Waals surface area contributed by atoms with E-state index in [1.807, 2.05) is 0 Å². The molecule has 0 aliphatic rings. The van der Waals surface area contributed by atoms with Gasteiger partial charge < -0.3 is 19.2 Å². The molecule has 140 valence electrons. The van der Waals surface area contributed by atoms with Crippen LogP contribution in [0.15, 0.2) is 40.8 Å². The molecule has 1 aromatic heterocycles. The van der Waals surface area contributed by atoms with Crippen molar-refractivity contribution >= 4 is 51.7 Å². The third kappa shape index (κ3) is 4.18. The molecule has 0 spiro atoms. The lowest BCUT2D eigenvalue weighted by Gasteiger charge is -2.10. The van der Waals surface area contributed by atoms with Crippen LogP contribution in [0.5, 0.6) is 5.75 Å². The van der Waals surface area contributed by atoms with Crippen LogP contribution in [0.3, 0.4) is 0 Å². The van der Waals surface area contributed by atoms with Crippen LogP contribution in [0.1, 0.15) is 16.1 Å². The van der Waals surface area contributed by atoms with Gasteiger partial charge in [-0.1, -0.05) is 23.2 Å². The number of halogens is 2. The van der Waals surface area contributed by atoms with Crippen molar-refractivity contribution in [3.8, 4) is 5.75 Å². The molecule has 0 saturated carbocycles. The Balaban J connectivity index is 1.68. The molecule has 6 nitrogen and oxygen atoms in total. The van der Waals surface area contributed by atoms with Gasteiger partial charge in [0.1, 0.15) is 11.3 Å². The van der Waals surface area contributed by atoms with E-state index in [1.165, 1.54) is 13.2 Å². The van der Waals surface area contributed by atoms with Crippen LogP contribution in [0.25, 0.3) is 11.0 Å². The summed E-state index contributed by atoms with van der Waals surface area (Å²) in [6, 6.07) is 9.81. The van der Waals surface area contributed by atoms with Crippen LogP contribution in [0.2, 0.25) is 10.0 Å². The third-order valence-corrected chi connectivity index (χ3v) is 4.32. The van der Waals surface area contributed by atoms with Gasteiger partial charge in [-0.25, -0.2) is 4.79 Å². The van der Waals surface area contributed by atoms with Gasteiger partial charge in [-0.15, -0.1) is 0 Å². The zero-order valence-corrected chi connectivity index (χ0v) is 16.0. The van der Waals surface area contributed by atoms with Crippen molar-refractivity contribution in [3.63, 3.8) is 0 Å². The number of amides is 1. The van der Waals surface area contributed by atoms with E-state index in [0.717, 1.165) is 0 Å². The summed E-state index contributed by atoms with van der Waals surface area (Å²) in [5.74, 6) is -0.821. The average molecular weight is 408 g/mol. The van der Waals surface area contributed by atoms with Crippen LogP contribution in [0.4, 0.5) is 5.69 Å². The molecule has 8 heteroatoms. The predicted molar refractivity (Wildman–Crippen MR) is 103 cm³/mol. The van der Waals surface area contributed by atoms with Crippen LogP contribution in [-0.4, -0.2) is 25.6 Å². The number of hydrogen-bond donors (Lipinski definition) is 1. The minimum Gasteiger partial charge on any atom is -0.495 e. The maximum absolute atomic E-state index is 12.3. The molecule has 3 aromatic rings. The molecular weight excluding hydrogens is 393 g/mol. The van der Waals surface area contributed by atoms with E-state index in [-0.39, 0.29) is 5.76 Å². The van der Waals surface area contributed by atoms with Gasteiger partial charge in [-0.3, -0.25) is 4.79 Å². The van der Waals surface area contributed by atoms with Crippen molar-refractivity contribution < 1.29 is 23.5 Å². The van der Waals surface area contributed by atoms with Crippen LogP contribution >= 0.6 is 23.2 Å². The highest BCUT2D eigenvalue weighted by atomic mass is 35.5. The molecule has 1 heterocycles. The number of carbonyl (C=O) groups is 2. The summed E-state index contributed by atoms with van der Waals surface area (Å²) in [7, 11) is 1.47. The van der Waals surface area contributed by atoms with E-state index < -0.39 is 18.5 Å². The summed E-state index contributed by atoms with van der Waals surface area (Å²) in [5, 5.41) is 4.25. The Hall–Kier alpha value is -2.70. The molecule has 27 heavy (non-hydrogen) atoms. The van der Waals surface area contributed by atoms with E-state index in [2.05, 4.69) is 5.32 Å². The number of anilines is 1. The summed E-state index contributed by atoms with van der Waals surface area (Å²) in [6.45, 7) is 1.22. The summed E-state index contributed by atoms with van der Waals surface area (Å²) >= 11 is 11.9. The topological polar surface area (TPSA) is 77.8 Å². The predicted octanol–water partition coefficient (Wildman–Crippen LogP) is 4.85. The molecule has 1 amide bonds. The number of hydrogen-bond acceptors (Lipinski definition) is 5. The Bertz CT molecular complexity index is 1030. The third-order valence-electron chi connectivity index (χ3n) is 3.85. The first-order valence-corrected chi connectivity index (χ1v) is 8.64. The normalized spacial score (nSPS) is 10.7. The summed E-state index contributed by atoms with van der Waals surface area (Å²) in [6.07, 6.45) is 0. The fourth-order valence-corrected chi connectivity index (χ4v) is 2.89. The van der Waals surface area contributed by atoms with Crippen LogP contribution in [-0.2, 0) is 9.53 Å². The SMILES string of the molecule is COc1ccc(Cl)cc1NC(=O)COC(=O)c1oc2ccc(Cl)cc2c1C. The number of esters is 1. The zero-order valence-electron chi connectivity index (χ0n) is 14.5. The van der Waals surface area contributed by atoms with Gasteiger partial charge in [0.15, 0.2) is 6.61 Å². The number of methoxy groups -OCH3 is 1. The molecule has 0 unspecified atom stereocenters. The Labute approximate surface area is 164 Å². The number of furan rings is 1. The van der Waals surface area contributed by atoms with E-state index in [1.54, 1.807) is 37.3 Å². The average Bonchev–Trinajstić information content (AvgIpc) is 2.96. The number of ether oxygens (including phenoxy) is 2. The number of fused-ring (bicyclic) bond motifs is 1. The second-order valence-corrected chi connectivity index (χ2v) is 6.54. The van der Waals surface area contributed by atoms with Crippen molar-refractivity contribution in [2.45, 2.75) is 6.92 Å². The fourth-order valence-electron chi connectivity index (χ4n) is 2.55. The number of nitrogens with one attached hydrogen (secondary N) is 1. The quantitative estimate of drug-likeness (QED) is 0.611. The molecule has 0 saturated heterocycles. The lowest BCUT2D eigenvalue weighted by Crippen LogP contribution is -2.21. The molecule has 0 bridgehead atoms. The van der Waals surface area contributed by atoms with E-state index in [0.29, 0.717) is 38.0 Å². The van der Waals surface area contributed by atoms with Gasteiger partial charge in [0.25, 0.3) is 5.91 Å². The van der Waals surface area contributed by atoms with Gasteiger partial charge in [0.2, 0.25) is 5.76 Å². The molecule has 1 N–H and O–H groups in total. The Morgan fingerprint density at radius 1 is 1.11 bits per heavy atom. The molecule has 2 aromatic carbocycles. The highest BCUT2D eigenvalue weighted by Gasteiger charge is 2.20. The summed E-state index contributed by atoms with van der Waals surface area (Å²) < 4.78 is 15.7. The van der Waals surface area contributed by atoms with Crippen molar-refractivity contribution in [1.29, 1.82) is 0 Å². The highest BCUT2D eigenvalue weighted by Crippen LogP contribution is 2.29. The number of aryl methyl sites for hydroxylation is 1. The van der Waals surface area contributed by atoms with Crippen LogP contribution < -0.4 is 10.1 Å². The van der Waals surface area contributed by atoms with Crippen molar-refractivity contribution in [3.05, 3.63) is 57.8 Å². The lowest BCUT2D eigenvalue weighted by molar-refractivity contribution is -0.119. The van der Waals surface area contributed by atoms with Gasteiger partial charge in [-0.05, 0) is 43.3 Å². The Morgan fingerprint density at radius 2 is 1.81 bits per heavy atom.